The highest BCUT2D eigenvalue weighted by Gasteiger charge is 2.16. The molecular weight excluding hydrogens is 268 g/mol. The van der Waals surface area contributed by atoms with Crippen molar-refractivity contribution in [1.82, 2.24) is 25.4 Å². The largest absolute Gasteiger partial charge is 0.480 e. The van der Waals surface area contributed by atoms with Gasteiger partial charge in [-0.1, -0.05) is 6.92 Å². The number of nitrogens with two attached hydrogens (primary N) is 1. The zero-order valence-corrected chi connectivity index (χ0v) is 12.7. The Kier molecular flexibility index (Phi) is 5.24. The van der Waals surface area contributed by atoms with E-state index in [1.54, 1.807) is 13.2 Å². The highest BCUT2D eigenvalue weighted by molar-refractivity contribution is 5.18. The van der Waals surface area contributed by atoms with Crippen LogP contribution >= 0.6 is 0 Å². The van der Waals surface area contributed by atoms with Gasteiger partial charge < -0.3 is 4.74 Å². The fourth-order valence-corrected chi connectivity index (χ4v) is 2.21. The van der Waals surface area contributed by atoms with E-state index in [0.717, 1.165) is 30.0 Å². The zero-order chi connectivity index (χ0) is 15.2. The molecule has 1 atom stereocenters. The summed E-state index contributed by atoms with van der Waals surface area (Å²) in [6.07, 6.45) is 1.63. The predicted octanol–water partition coefficient (Wildman–Crippen LogP) is 1.01. The van der Waals surface area contributed by atoms with Gasteiger partial charge in [-0.3, -0.25) is 16.0 Å². The summed E-state index contributed by atoms with van der Waals surface area (Å²) in [6.45, 7) is 5.01. The fraction of sp³-hybridized carbons (Fsp3) is 0.500. The normalized spacial score (nSPS) is 12.4. The SMILES string of the molecule is CCc1cc(CC(NN)c2ccc(OC)nn2)n(CC)n1. The van der Waals surface area contributed by atoms with Gasteiger partial charge in [0, 0.05) is 24.7 Å². The van der Waals surface area contributed by atoms with Gasteiger partial charge in [0.1, 0.15) is 0 Å². The van der Waals surface area contributed by atoms with Crippen molar-refractivity contribution in [3.8, 4) is 5.88 Å². The molecule has 0 aliphatic rings. The summed E-state index contributed by atoms with van der Waals surface area (Å²) in [4.78, 5) is 0. The maximum absolute atomic E-state index is 5.68. The van der Waals surface area contributed by atoms with Crippen molar-refractivity contribution in [2.45, 2.75) is 39.3 Å². The Hall–Kier alpha value is -1.99. The number of ether oxygens (including phenoxy) is 1. The molecule has 3 N–H and O–H groups in total. The van der Waals surface area contributed by atoms with Crippen molar-refractivity contribution in [2.24, 2.45) is 5.84 Å². The Morgan fingerprint density at radius 1 is 1.33 bits per heavy atom. The van der Waals surface area contributed by atoms with Crippen LogP contribution in [-0.4, -0.2) is 27.1 Å². The van der Waals surface area contributed by atoms with Crippen molar-refractivity contribution in [3.05, 3.63) is 35.3 Å². The van der Waals surface area contributed by atoms with Gasteiger partial charge in [-0.25, -0.2) is 0 Å². The number of methoxy groups -OCH3 is 1. The number of hydrogen-bond acceptors (Lipinski definition) is 6. The maximum atomic E-state index is 5.68. The second kappa shape index (κ2) is 7.14. The first-order valence-electron chi connectivity index (χ1n) is 7.11. The Morgan fingerprint density at radius 3 is 2.67 bits per heavy atom. The number of aromatic nitrogens is 4. The minimum Gasteiger partial charge on any atom is -0.480 e. The minimum atomic E-state index is -0.116. The predicted molar refractivity (Wildman–Crippen MR) is 79.6 cm³/mol. The van der Waals surface area contributed by atoms with E-state index < -0.39 is 0 Å². The van der Waals surface area contributed by atoms with Crippen LogP contribution in [-0.2, 0) is 19.4 Å². The molecule has 2 aromatic heterocycles. The van der Waals surface area contributed by atoms with E-state index in [4.69, 9.17) is 10.6 Å². The van der Waals surface area contributed by atoms with Crippen LogP contribution in [0.25, 0.3) is 0 Å². The van der Waals surface area contributed by atoms with Crippen LogP contribution in [0.5, 0.6) is 5.88 Å². The summed E-state index contributed by atoms with van der Waals surface area (Å²) in [5.41, 5.74) is 5.80. The summed E-state index contributed by atoms with van der Waals surface area (Å²) >= 11 is 0. The van der Waals surface area contributed by atoms with Crippen LogP contribution in [0.1, 0.15) is 37.0 Å². The molecule has 7 heteroatoms. The van der Waals surface area contributed by atoms with Gasteiger partial charge in [0.05, 0.1) is 24.5 Å². The first-order valence-corrected chi connectivity index (χ1v) is 7.11. The van der Waals surface area contributed by atoms with Crippen LogP contribution in [0.4, 0.5) is 0 Å². The summed E-state index contributed by atoms with van der Waals surface area (Å²) in [6, 6.07) is 5.64. The lowest BCUT2D eigenvalue weighted by molar-refractivity contribution is 0.388. The standard InChI is InChI=1S/C14H22N6O/c1-4-10-8-11(20(5-2)19-10)9-13(16-15)12-6-7-14(21-3)18-17-12/h6-8,13,16H,4-5,9,15H2,1-3H3. The first-order chi connectivity index (χ1) is 10.2. The molecule has 2 rings (SSSR count). The van der Waals surface area contributed by atoms with Crippen molar-refractivity contribution in [3.63, 3.8) is 0 Å². The second-order valence-corrected chi connectivity index (χ2v) is 4.72. The van der Waals surface area contributed by atoms with Crippen LogP contribution in [0.2, 0.25) is 0 Å². The van der Waals surface area contributed by atoms with E-state index in [2.05, 4.69) is 40.6 Å². The zero-order valence-electron chi connectivity index (χ0n) is 12.7. The highest BCUT2D eigenvalue weighted by Crippen LogP contribution is 2.18. The van der Waals surface area contributed by atoms with Crippen molar-refractivity contribution >= 4 is 0 Å². The maximum Gasteiger partial charge on any atom is 0.233 e. The van der Waals surface area contributed by atoms with E-state index in [-0.39, 0.29) is 6.04 Å². The van der Waals surface area contributed by atoms with Gasteiger partial charge >= 0.3 is 0 Å². The molecular formula is C14H22N6O. The molecule has 1 unspecified atom stereocenters. The van der Waals surface area contributed by atoms with E-state index in [1.165, 1.54) is 0 Å². The smallest absolute Gasteiger partial charge is 0.233 e. The Morgan fingerprint density at radius 2 is 2.14 bits per heavy atom. The lowest BCUT2D eigenvalue weighted by Crippen LogP contribution is -2.31. The molecule has 0 saturated carbocycles. The van der Waals surface area contributed by atoms with E-state index in [9.17, 15) is 0 Å². The molecule has 0 saturated heterocycles. The number of nitrogens with zero attached hydrogens (tertiary/aromatic N) is 4. The Balaban J connectivity index is 2.19. The van der Waals surface area contributed by atoms with Gasteiger partial charge in [0.2, 0.25) is 5.88 Å². The second-order valence-electron chi connectivity index (χ2n) is 4.72. The average molecular weight is 290 g/mol. The Bertz CT molecular complexity index is 565. The van der Waals surface area contributed by atoms with E-state index in [1.807, 2.05) is 10.7 Å². The summed E-state index contributed by atoms with van der Waals surface area (Å²) < 4.78 is 7.02. The quantitative estimate of drug-likeness (QED) is 0.584. The highest BCUT2D eigenvalue weighted by atomic mass is 16.5. The molecule has 0 fully saturated rings. The van der Waals surface area contributed by atoms with Gasteiger partial charge in [-0.15, -0.1) is 5.10 Å². The van der Waals surface area contributed by atoms with Crippen LogP contribution in [0.15, 0.2) is 18.2 Å². The third kappa shape index (κ3) is 3.56. The topological polar surface area (TPSA) is 90.9 Å². The van der Waals surface area contributed by atoms with Crippen molar-refractivity contribution in [2.75, 3.05) is 7.11 Å². The fourth-order valence-electron chi connectivity index (χ4n) is 2.21. The van der Waals surface area contributed by atoms with Gasteiger partial charge in [0.25, 0.3) is 0 Å². The number of aryl methyl sites for hydroxylation is 2. The molecule has 0 aromatic carbocycles. The first kappa shape index (κ1) is 15.4. The average Bonchev–Trinajstić information content (AvgIpc) is 2.95. The Labute approximate surface area is 124 Å². The van der Waals surface area contributed by atoms with Gasteiger partial charge in [-0.05, 0) is 25.5 Å². The molecule has 0 radical (unpaired) electrons. The molecule has 0 amide bonds. The number of hydrazine groups is 1. The lowest BCUT2D eigenvalue weighted by atomic mass is 10.1. The van der Waals surface area contributed by atoms with E-state index >= 15 is 0 Å². The molecule has 2 aromatic rings. The molecule has 114 valence electrons. The molecule has 2 heterocycles. The number of hydrogen-bond donors (Lipinski definition) is 2. The molecule has 21 heavy (non-hydrogen) atoms. The number of rotatable bonds is 7. The molecule has 0 aliphatic carbocycles. The van der Waals surface area contributed by atoms with Crippen molar-refractivity contribution < 1.29 is 4.74 Å². The minimum absolute atomic E-state index is 0.116. The van der Waals surface area contributed by atoms with Crippen LogP contribution in [0.3, 0.4) is 0 Å². The summed E-state index contributed by atoms with van der Waals surface area (Å²) in [5, 5.41) is 12.7. The van der Waals surface area contributed by atoms with Gasteiger partial charge in [0.15, 0.2) is 0 Å². The van der Waals surface area contributed by atoms with E-state index in [0.29, 0.717) is 12.3 Å². The molecule has 0 aliphatic heterocycles. The van der Waals surface area contributed by atoms with Crippen molar-refractivity contribution in [1.29, 1.82) is 0 Å². The van der Waals surface area contributed by atoms with Crippen LogP contribution < -0.4 is 16.0 Å². The van der Waals surface area contributed by atoms with Crippen LogP contribution in [0, 0.1) is 0 Å². The molecule has 0 bridgehead atoms. The monoisotopic (exact) mass is 290 g/mol. The summed E-state index contributed by atoms with van der Waals surface area (Å²) in [5.74, 6) is 6.16. The number of nitrogens with one attached hydrogen (secondary N) is 1. The molecule has 0 spiro atoms. The summed E-state index contributed by atoms with van der Waals surface area (Å²) in [7, 11) is 1.56. The lowest BCUT2D eigenvalue weighted by Gasteiger charge is -2.15. The molecule has 7 nitrogen and oxygen atoms in total. The van der Waals surface area contributed by atoms with Gasteiger partial charge in [-0.2, -0.15) is 10.2 Å². The third-order valence-electron chi connectivity index (χ3n) is 3.42. The third-order valence-corrected chi connectivity index (χ3v) is 3.42.